The summed E-state index contributed by atoms with van der Waals surface area (Å²) in [5.74, 6) is 0. The van der Waals surface area contributed by atoms with Gasteiger partial charge in [0.05, 0.1) is 0 Å². The van der Waals surface area contributed by atoms with Crippen LogP contribution >= 0.6 is 35.6 Å². The largest absolute Gasteiger partial charge is 0.324 e. The molecule has 1 aromatic carbocycles. The fourth-order valence-electron chi connectivity index (χ4n) is 1.12. The maximum Gasteiger partial charge on any atom is 0.240 e. The van der Waals surface area contributed by atoms with Crippen LogP contribution in [0.4, 0.5) is 8.78 Å². The van der Waals surface area contributed by atoms with Gasteiger partial charge in [0.1, 0.15) is 0 Å². The number of rotatable bonds is 3. The Kier molecular flexibility index (Phi) is 6.44. The van der Waals surface area contributed by atoms with Crippen LogP contribution in [0.1, 0.15) is 18.0 Å². The van der Waals surface area contributed by atoms with Crippen molar-refractivity contribution in [3.63, 3.8) is 0 Å². The SMILES string of the molecule is Cl.N[C@@H](CC(F)F)c1cc(Cl)ccc1Cl. The molecule has 0 amide bonds. The van der Waals surface area contributed by atoms with Crippen LogP contribution in [0.5, 0.6) is 0 Å². The quantitative estimate of drug-likeness (QED) is 0.885. The molecule has 0 spiro atoms. The van der Waals surface area contributed by atoms with Crippen molar-refractivity contribution in [1.29, 1.82) is 0 Å². The highest BCUT2D eigenvalue weighted by Gasteiger charge is 2.15. The third-order valence-corrected chi connectivity index (χ3v) is 2.37. The topological polar surface area (TPSA) is 26.0 Å². The van der Waals surface area contributed by atoms with Gasteiger partial charge in [-0.25, -0.2) is 8.78 Å². The van der Waals surface area contributed by atoms with Gasteiger partial charge in [-0.1, -0.05) is 23.2 Å². The van der Waals surface area contributed by atoms with Gasteiger partial charge in [-0.3, -0.25) is 0 Å². The normalized spacial score (nSPS) is 12.4. The lowest BCUT2D eigenvalue weighted by Crippen LogP contribution is -2.14. The molecule has 6 heteroatoms. The third-order valence-electron chi connectivity index (χ3n) is 1.79. The molecule has 0 saturated carbocycles. The minimum atomic E-state index is -2.44. The van der Waals surface area contributed by atoms with Gasteiger partial charge in [0, 0.05) is 22.5 Å². The highest BCUT2D eigenvalue weighted by Crippen LogP contribution is 2.28. The maximum absolute atomic E-state index is 12.0. The molecule has 0 aliphatic heterocycles. The van der Waals surface area contributed by atoms with Gasteiger partial charge >= 0.3 is 0 Å². The van der Waals surface area contributed by atoms with E-state index >= 15 is 0 Å². The highest BCUT2D eigenvalue weighted by atomic mass is 35.5. The summed E-state index contributed by atoms with van der Waals surface area (Å²) >= 11 is 11.5. The summed E-state index contributed by atoms with van der Waals surface area (Å²) in [4.78, 5) is 0. The number of halogens is 5. The van der Waals surface area contributed by atoms with Crippen LogP contribution in [0.2, 0.25) is 10.0 Å². The van der Waals surface area contributed by atoms with E-state index in [9.17, 15) is 8.78 Å². The predicted octanol–water partition coefficient (Wildman–Crippen LogP) is 4.07. The molecule has 0 aromatic heterocycles. The van der Waals surface area contributed by atoms with E-state index in [0.717, 1.165) is 0 Å². The van der Waals surface area contributed by atoms with E-state index in [1.165, 1.54) is 6.07 Å². The minimum Gasteiger partial charge on any atom is -0.324 e. The lowest BCUT2D eigenvalue weighted by molar-refractivity contribution is 0.128. The van der Waals surface area contributed by atoms with Crippen molar-refractivity contribution < 1.29 is 8.78 Å². The van der Waals surface area contributed by atoms with Gasteiger partial charge in [0.15, 0.2) is 0 Å². The van der Waals surface area contributed by atoms with Gasteiger partial charge in [0.25, 0.3) is 0 Å². The van der Waals surface area contributed by atoms with Crippen molar-refractivity contribution in [3.05, 3.63) is 33.8 Å². The molecule has 0 radical (unpaired) electrons. The minimum absolute atomic E-state index is 0. The molecule has 1 atom stereocenters. The van der Waals surface area contributed by atoms with Crippen LogP contribution in [0, 0.1) is 0 Å². The second-order valence-corrected chi connectivity index (χ2v) is 3.74. The fraction of sp³-hybridized carbons (Fsp3) is 0.333. The van der Waals surface area contributed by atoms with E-state index in [1.807, 2.05) is 0 Å². The van der Waals surface area contributed by atoms with E-state index in [1.54, 1.807) is 12.1 Å². The van der Waals surface area contributed by atoms with Crippen molar-refractivity contribution in [1.82, 2.24) is 0 Å². The Hall–Kier alpha value is -0.0900. The number of nitrogens with two attached hydrogens (primary N) is 1. The molecule has 0 fully saturated rings. The van der Waals surface area contributed by atoms with Crippen LogP contribution in [-0.4, -0.2) is 6.43 Å². The first-order chi connectivity index (χ1) is 6.50. The Balaban J connectivity index is 0.00000196. The molecular weight excluding hydrogens is 266 g/mol. The van der Waals surface area contributed by atoms with Gasteiger partial charge in [-0.05, 0) is 23.8 Å². The predicted molar refractivity (Wildman–Crippen MR) is 61.3 cm³/mol. The molecule has 2 N–H and O–H groups in total. The third kappa shape index (κ3) is 4.51. The van der Waals surface area contributed by atoms with Crippen LogP contribution < -0.4 is 5.73 Å². The standard InChI is InChI=1S/C9H9Cl2F2N.ClH/c10-5-1-2-7(11)6(3-5)8(14)4-9(12)13;/h1-3,8-9H,4,14H2;1H/t8-;/m0./s1. The smallest absolute Gasteiger partial charge is 0.240 e. The van der Waals surface area contributed by atoms with Crippen molar-refractivity contribution in [2.45, 2.75) is 18.9 Å². The average molecular weight is 277 g/mol. The van der Waals surface area contributed by atoms with Gasteiger partial charge in [0.2, 0.25) is 6.43 Å². The second-order valence-electron chi connectivity index (χ2n) is 2.90. The van der Waals surface area contributed by atoms with Crippen molar-refractivity contribution in [3.8, 4) is 0 Å². The van der Waals surface area contributed by atoms with Crippen molar-refractivity contribution in [2.75, 3.05) is 0 Å². The summed E-state index contributed by atoms with van der Waals surface area (Å²) in [6.45, 7) is 0. The number of alkyl halides is 2. The molecular formula is C9H10Cl3F2N. The molecule has 0 unspecified atom stereocenters. The molecule has 1 rings (SSSR count). The van der Waals surface area contributed by atoms with Crippen LogP contribution in [0.25, 0.3) is 0 Å². The van der Waals surface area contributed by atoms with E-state index in [0.29, 0.717) is 15.6 Å². The van der Waals surface area contributed by atoms with Crippen molar-refractivity contribution >= 4 is 35.6 Å². The Labute approximate surface area is 103 Å². The Morgan fingerprint density at radius 3 is 2.40 bits per heavy atom. The first-order valence-electron chi connectivity index (χ1n) is 3.99. The zero-order valence-corrected chi connectivity index (χ0v) is 9.92. The molecule has 0 aliphatic carbocycles. The highest BCUT2D eigenvalue weighted by molar-refractivity contribution is 6.33. The van der Waals surface area contributed by atoms with Crippen LogP contribution in [0.3, 0.4) is 0 Å². The molecule has 0 bridgehead atoms. The first kappa shape index (κ1) is 14.9. The monoisotopic (exact) mass is 275 g/mol. The van der Waals surface area contributed by atoms with Gasteiger partial charge in [-0.2, -0.15) is 0 Å². The summed E-state index contributed by atoms with van der Waals surface area (Å²) in [6, 6.07) is 3.87. The molecule has 1 nitrogen and oxygen atoms in total. The summed E-state index contributed by atoms with van der Waals surface area (Å²) in [5, 5.41) is 0.802. The fourth-order valence-corrected chi connectivity index (χ4v) is 1.56. The molecule has 0 saturated heterocycles. The summed E-state index contributed by atoms with van der Waals surface area (Å²) in [6.07, 6.45) is -2.86. The summed E-state index contributed by atoms with van der Waals surface area (Å²) in [5.41, 5.74) is 6.00. The zero-order valence-electron chi connectivity index (χ0n) is 7.59. The lowest BCUT2D eigenvalue weighted by Gasteiger charge is -2.13. The molecule has 1 aromatic rings. The van der Waals surface area contributed by atoms with E-state index < -0.39 is 18.9 Å². The number of hydrogen-bond acceptors (Lipinski definition) is 1. The lowest BCUT2D eigenvalue weighted by atomic mass is 10.1. The van der Waals surface area contributed by atoms with E-state index in [-0.39, 0.29) is 12.4 Å². The Morgan fingerprint density at radius 2 is 1.87 bits per heavy atom. The van der Waals surface area contributed by atoms with Crippen LogP contribution in [-0.2, 0) is 0 Å². The van der Waals surface area contributed by atoms with Crippen LogP contribution in [0.15, 0.2) is 18.2 Å². The zero-order chi connectivity index (χ0) is 10.7. The van der Waals surface area contributed by atoms with E-state index in [2.05, 4.69) is 0 Å². The Morgan fingerprint density at radius 1 is 1.27 bits per heavy atom. The molecule has 0 aliphatic rings. The summed E-state index contributed by atoms with van der Waals surface area (Å²) in [7, 11) is 0. The van der Waals surface area contributed by atoms with E-state index in [4.69, 9.17) is 28.9 Å². The van der Waals surface area contributed by atoms with Gasteiger partial charge < -0.3 is 5.73 Å². The first-order valence-corrected chi connectivity index (χ1v) is 4.75. The molecule has 15 heavy (non-hydrogen) atoms. The molecule has 86 valence electrons. The molecule has 0 heterocycles. The summed E-state index contributed by atoms with van der Waals surface area (Å²) < 4.78 is 24.1. The van der Waals surface area contributed by atoms with Crippen molar-refractivity contribution in [2.24, 2.45) is 5.73 Å². The number of benzene rings is 1. The maximum atomic E-state index is 12.0. The second kappa shape index (κ2) is 6.48. The average Bonchev–Trinajstić information content (AvgIpc) is 2.08. The van der Waals surface area contributed by atoms with Gasteiger partial charge in [-0.15, -0.1) is 12.4 Å². The number of hydrogen-bond donors (Lipinski definition) is 1. The Bertz CT molecular complexity index is 320.